The first kappa shape index (κ1) is 10.2. The highest BCUT2D eigenvalue weighted by atomic mass is 32.1. The van der Waals surface area contributed by atoms with Gasteiger partial charge in [0.05, 0.1) is 0 Å². The molecule has 2 rings (SSSR count). The Labute approximate surface area is 91.4 Å². The van der Waals surface area contributed by atoms with Gasteiger partial charge in [-0.25, -0.2) is 0 Å². The van der Waals surface area contributed by atoms with Crippen molar-refractivity contribution in [1.82, 2.24) is 15.1 Å². The molecule has 2 saturated heterocycles. The van der Waals surface area contributed by atoms with Crippen LogP contribution < -0.4 is 5.32 Å². The second kappa shape index (κ2) is 4.45. The zero-order chi connectivity index (χ0) is 9.97. The van der Waals surface area contributed by atoms with Crippen molar-refractivity contribution >= 4 is 17.3 Å². The highest BCUT2D eigenvalue weighted by molar-refractivity contribution is 7.80. The van der Waals surface area contributed by atoms with Crippen molar-refractivity contribution < 1.29 is 0 Å². The molecule has 2 aliphatic heterocycles. The van der Waals surface area contributed by atoms with E-state index in [1.54, 1.807) is 0 Å². The highest BCUT2D eigenvalue weighted by Gasteiger charge is 2.31. The normalized spacial score (nSPS) is 27.5. The Morgan fingerprint density at radius 2 is 2.29 bits per heavy atom. The molecule has 0 aromatic rings. The molecule has 1 N–H and O–H groups in total. The number of hydrogen-bond acceptors (Lipinski definition) is 2. The van der Waals surface area contributed by atoms with Crippen molar-refractivity contribution in [1.29, 1.82) is 0 Å². The summed E-state index contributed by atoms with van der Waals surface area (Å²) in [5.41, 5.74) is 0. The van der Waals surface area contributed by atoms with Gasteiger partial charge in [0, 0.05) is 32.2 Å². The number of thiocarbonyl (C=S) groups is 1. The van der Waals surface area contributed by atoms with Gasteiger partial charge in [-0.2, -0.15) is 0 Å². The fourth-order valence-corrected chi connectivity index (χ4v) is 2.75. The van der Waals surface area contributed by atoms with Crippen LogP contribution in [0.2, 0.25) is 0 Å². The second-order valence-electron chi connectivity index (χ2n) is 4.11. The number of nitrogens with one attached hydrogen (secondary N) is 1. The van der Waals surface area contributed by atoms with Crippen LogP contribution in [0.5, 0.6) is 0 Å². The molecule has 0 aromatic heterocycles. The lowest BCUT2D eigenvalue weighted by atomic mass is 10.2. The van der Waals surface area contributed by atoms with Crippen molar-refractivity contribution in [3.8, 4) is 0 Å². The fourth-order valence-electron chi connectivity index (χ4n) is 2.44. The number of hydrogen-bond donors (Lipinski definition) is 1. The van der Waals surface area contributed by atoms with Crippen LogP contribution in [0.25, 0.3) is 0 Å². The fraction of sp³-hybridized carbons (Fsp3) is 0.900. The summed E-state index contributed by atoms with van der Waals surface area (Å²) in [6.45, 7) is 7.75. The molecule has 0 aliphatic carbocycles. The van der Waals surface area contributed by atoms with E-state index in [4.69, 9.17) is 12.2 Å². The number of rotatable bonds is 1. The molecule has 14 heavy (non-hydrogen) atoms. The lowest BCUT2D eigenvalue weighted by molar-refractivity contribution is 0.151. The third kappa shape index (κ3) is 2.01. The molecule has 0 aromatic carbocycles. The molecule has 80 valence electrons. The van der Waals surface area contributed by atoms with E-state index in [1.165, 1.54) is 25.9 Å². The summed E-state index contributed by atoms with van der Waals surface area (Å²) in [4.78, 5) is 4.93. The van der Waals surface area contributed by atoms with Crippen LogP contribution in [0.1, 0.15) is 19.8 Å². The van der Waals surface area contributed by atoms with Gasteiger partial charge in [-0.1, -0.05) is 0 Å². The largest absolute Gasteiger partial charge is 0.363 e. The molecule has 1 atom stereocenters. The van der Waals surface area contributed by atoms with E-state index in [-0.39, 0.29) is 0 Å². The Kier molecular flexibility index (Phi) is 3.23. The summed E-state index contributed by atoms with van der Waals surface area (Å²) < 4.78 is 0. The lowest BCUT2D eigenvalue weighted by Gasteiger charge is -2.38. The smallest absolute Gasteiger partial charge is 0.169 e. The molecular weight excluding hydrogens is 194 g/mol. The minimum atomic E-state index is 0.764. The average Bonchev–Trinajstić information content (AvgIpc) is 2.64. The van der Waals surface area contributed by atoms with Gasteiger partial charge in [-0.3, -0.25) is 4.90 Å². The summed E-state index contributed by atoms with van der Waals surface area (Å²) in [5.74, 6) is 0. The van der Waals surface area contributed by atoms with Gasteiger partial charge >= 0.3 is 0 Å². The Balaban J connectivity index is 1.87. The first-order valence-electron chi connectivity index (χ1n) is 5.58. The van der Waals surface area contributed by atoms with Crippen LogP contribution in [0.4, 0.5) is 0 Å². The summed E-state index contributed by atoms with van der Waals surface area (Å²) >= 11 is 5.33. The molecule has 0 saturated carbocycles. The molecule has 0 amide bonds. The van der Waals surface area contributed by atoms with Gasteiger partial charge in [0.15, 0.2) is 5.11 Å². The highest BCUT2D eigenvalue weighted by Crippen LogP contribution is 2.21. The van der Waals surface area contributed by atoms with Crippen LogP contribution in [-0.2, 0) is 0 Å². The summed E-state index contributed by atoms with van der Waals surface area (Å²) in [6.07, 6.45) is 2.72. The Hall–Kier alpha value is -0.350. The molecule has 2 aliphatic rings. The summed E-state index contributed by atoms with van der Waals surface area (Å²) in [7, 11) is 0. The molecule has 2 heterocycles. The van der Waals surface area contributed by atoms with Crippen LogP contribution >= 0.6 is 12.2 Å². The monoisotopic (exact) mass is 213 g/mol. The average molecular weight is 213 g/mol. The first-order chi connectivity index (χ1) is 6.81. The number of nitrogens with zero attached hydrogens (tertiary/aromatic N) is 2. The van der Waals surface area contributed by atoms with Gasteiger partial charge in [0.2, 0.25) is 0 Å². The minimum Gasteiger partial charge on any atom is -0.363 e. The van der Waals surface area contributed by atoms with Crippen molar-refractivity contribution in [3.63, 3.8) is 0 Å². The number of fused-ring (bicyclic) bond motifs is 1. The first-order valence-corrected chi connectivity index (χ1v) is 5.99. The van der Waals surface area contributed by atoms with E-state index in [2.05, 4.69) is 22.0 Å². The standard InChI is InChI=1S/C10H19N3S/c1-2-11-10(14)13-7-6-12-5-3-4-9(12)8-13/h9H,2-8H2,1H3,(H,11,14). The van der Waals surface area contributed by atoms with E-state index in [0.717, 1.165) is 30.8 Å². The maximum atomic E-state index is 5.33. The molecule has 1 unspecified atom stereocenters. The van der Waals surface area contributed by atoms with Crippen molar-refractivity contribution in [2.75, 3.05) is 32.7 Å². The van der Waals surface area contributed by atoms with Crippen molar-refractivity contribution in [2.24, 2.45) is 0 Å². The van der Waals surface area contributed by atoms with Gasteiger partial charge < -0.3 is 10.2 Å². The molecule has 0 radical (unpaired) electrons. The Bertz CT molecular complexity index is 219. The third-order valence-electron chi connectivity index (χ3n) is 3.20. The quantitative estimate of drug-likeness (QED) is 0.645. The van der Waals surface area contributed by atoms with Gasteiger partial charge in [0.1, 0.15) is 0 Å². The third-order valence-corrected chi connectivity index (χ3v) is 3.61. The molecular formula is C10H19N3S. The van der Waals surface area contributed by atoms with Crippen LogP contribution in [-0.4, -0.2) is 53.7 Å². The molecule has 3 nitrogen and oxygen atoms in total. The second-order valence-corrected chi connectivity index (χ2v) is 4.50. The SMILES string of the molecule is CCNC(=S)N1CCN2CCCC2C1. The molecule has 2 fully saturated rings. The summed E-state index contributed by atoms with van der Waals surface area (Å²) in [6, 6.07) is 0.764. The van der Waals surface area contributed by atoms with Crippen LogP contribution in [0, 0.1) is 0 Å². The van der Waals surface area contributed by atoms with Crippen molar-refractivity contribution in [2.45, 2.75) is 25.8 Å². The van der Waals surface area contributed by atoms with E-state index in [1.807, 2.05) is 0 Å². The van der Waals surface area contributed by atoms with Gasteiger partial charge in [-0.05, 0) is 38.5 Å². The van der Waals surface area contributed by atoms with Crippen LogP contribution in [0.3, 0.4) is 0 Å². The van der Waals surface area contributed by atoms with E-state index >= 15 is 0 Å². The van der Waals surface area contributed by atoms with E-state index < -0.39 is 0 Å². The van der Waals surface area contributed by atoms with Gasteiger partial charge in [-0.15, -0.1) is 0 Å². The maximum Gasteiger partial charge on any atom is 0.169 e. The topological polar surface area (TPSA) is 18.5 Å². The zero-order valence-electron chi connectivity index (χ0n) is 8.83. The lowest BCUT2D eigenvalue weighted by Crippen LogP contribution is -2.54. The zero-order valence-corrected chi connectivity index (χ0v) is 9.65. The van der Waals surface area contributed by atoms with E-state index in [9.17, 15) is 0 Å². The van der Waals surface area contributed by atoms with E-state index in [0.29, 0.717) is 0 Å². The molecule has 0 spiro atoms. The molecule has 0 bridgehead atoms. The minimum absolute atomic E-state index is 0.764. The molecule has 4 heteroatoms. The van der Waals surface area contributed by atoms with Crippen molar-refractivity contribution in [3.05, 3.63) is 0 Å². The maximum absolute atomic E-state index is 5.33. The number of piperazine rings is 1. The van der Waals surface area contributed by atoms with Crippen LogP contribution in [0.15, 0.2) is 0 Å². The Morgan fingerprint density at radius 3 is 3.07 bits per heavy atom. The Morgan fingerprint density at radius 1 is 1.43 bits per heavy atom. The predicted molar refractivity (Wildman–Crippen MR) is 62.4 cm³/mol. The van der Waals surface area contributed by atoms with Gasteiger partial charge in [0.25, 0.3) is 0 Å². The summed E-state index contributed by atoms with van der Waals surface area (Å²) in [5, 5.41) is 4.18. The predicted octanol–water partition coefficient (Wildman–Crippen LogP) is 0.661.